The molecule has 0 radical (unpaired) electrons. The highest BCUT2D eigenvalue weighted by Crippen LogP contribution is 2.35. The van der Waals surface area contributed by atoms with Crippen LogP contribution in [0.1, 0.15) is 12.8 Å². The summed E-state index contributed by atoms with van der Waals surface area (Å²) in [6.07, 6.45) is 1.39. The lowest BCUT2D eigenvalue weighted by Gasteiger charge is -2.09. The van der Waals surface area contributed by atoms with Crippen molar-refractivity contribution in [3.05, 3.63) is 30.1 Å². The van der Waals surface area contributed by atoms with Crippen LogP contribution in [-0.4, -0.2) is 19.7 Å². The molecule has 2 rings (SSSR count). The lowest BCUT2D eigenvalue weighted by atomic mass is 10.3. The summed E-state index contributed by atoms with van der Waals surface area (Å²) in [4.78, 5) is -0.248. The summed E-state index contributed by atoms with van der Waals surface area (Å²) >= 11 is 0. The van der Waals surface area contributed by atoms with E-state index in [1.165, 1.54) is 18.2 Å². The highest BCUT2D eigenvalue weighted by atomic mass is 32.2. The smallest absolute Gasteiger partial charge is 0.183 e. The fourth-order valence-electron chi connectivity index (χ4n) is 1.46. The Morgan fingerprint density at radius 1 is 1.33 bits per heavy atom. The average molecular weight is 229 g/mol. The van der Waals surface area contributed by atoms with Crippen LogP contribution in [0.2, 0.25) is 0 Å². The summed E-state index contributed by atoms with van der Waals surface area (Å²) in [5.41, 5.74) is 5.09. The summed E-state index contributed by atoms with van der Waals surface area (Å²) in [6.45, 7) is 0. The Morgan fingerprint density at radius 3 is 2.47 bits per heavy atom. The van der Waals surface area contributed by atoms with Crippen LogP contribution in [0.4, 0.5) is 4.39 Å². The Hall–Kier alpha value is -0.940. The zero-order chi connectivity index (χ0) is 11.1. The van der Waals surface area contributed by atoms with Crippen LogP contribution in [0.5, 0.6) is 0 Å². The van der Waals surface area contributed by atoms with Gasteiger partial charge in [0.2, 0.25) is 0 Å². The number of hydrogen-bond donors (Lipinski definition) is 1. The maximum atomic E-state index is 13.3. The SMILES string of the molecule is NC1(CS(=O)(=O)c2ccccc2F)CC1. The van der Waals surface area contributed by atoms with E-state index in [1.807, 2.05) is 0 Å². The first-order valence-electron chi connectivity index (χ1n) is 4.69. The predicted molar refractivity (Wildman–Crippen MR) is 54.6 cm³/mol. The third kappa shape index (κ3) is 2.18. The number of rotatable bonds is 3. The van der Waals surface area contributed by atoms with Gasteiger partial charge >= 0.3 is 0 Å². The maximum absolute atomic E-state index is 13.3. The highest BCUT2D eigenvalue weighted by Gasteiger charge is 2.43. The van der Waals surface area contributed by atoms with Gasteiger partial charge in [-0.1, -0.05) is 12.1 Å². The number of hydrogen-bond acceptors (Lipinski definition) is 3. The van der Waals surface area contributed by atoms with Crippen LogP contribution in [0.25, 0.3) is 0 Å². The second-order valence-corrected chi connectivity index (χ2v) is 6.01. The third-order valence-electron chi connectivity index (χ3n) is 2.54. The van der Waals surface area contributed by atoms with E-state index in [0.29, 0.717) is 12.8 Å². The van der Waals surface area contributed by atoms with Crippen LogP contribution in [0.3, 0.4) is 0 Å². The van der Waals surface area contributed by atoms with Gasteiger partial charge in [-0.15, -0.1) is 0 Å². The molecule has 1 aliphatic rings. The first-order valence-corrected chi connectivity index (χ1v) is 6.34. The average Bonchev–Trinajstić information content (AvgIpc) is 2.82. The van der Waals surface area contributed by atoms with Gasteiger partial charge in [0.05, 0.1) is 5.75 Å². The molecule has 1 fully saturated rings. The van der Waals surface area contributed by atoms with Crippen LogP contribution >= 0.6 is 0 Å². The number of nitrogens with two attached hydrogens (primary N) is 1. The normalized spacial score (nSPS) is 18.8. The van der Waals surface area contributed by atoms with Crippen LogP contribution in [0.15, 0.2) is 29.2 Å². The van der Waals surface area contributed by atoms with E-state index in [1.54, 1.807) is 0 Å². The second kappa shape index (κ2) is 3.28. The van der Waals surface area contributed by atoms with Crippen LogP contribution in [0, 0.1) is 5.82 Å². The molecule has 82 valence electrons. The molecule has 0 unspecified atom stereocenters. The van der Waals surface area contributed by atoms with Crippen molar-refractivity contribution in [2.75, 3.05) is 5.75 Å². The van der Waals surface area contributed by atoms with E-state index in [4.69, 9.17) is 5.73 Å². The summed E-state index contributed by atoms with van der Waals surface area (Å²) in [6, 6.07) is 5.38. The molecule has 0 saturated heterocycles. The Kier molecular flexibility index (Phi) is 2.31. The first kappa shape index (κ1) is 10.6. The summed E-state index contributed by atoms with van der Waals surface area (Å²) in [5.74, 6) is -0.872. The van der Waals surface area contributed by atoms with Gasteiger partial charge in [-0.25, -0.2) is 12.8 Å². The van der Waals surface area contributed by atoms with Gasteiger partial charge in [-0.05, 0) is 25.0 Å². The Bertz CT molecular complexity index is 480. The van der Waals surface area contributed by atoms with Crippen molar-refractivity contribution >= 4 is 9.84 Å². The second-order valence-electron chi connectivity index (χ2n) is 4.05. The van der Waals surface area contributed by atoms with Crippen molar-refractivity contribution in [2.24, 2.45) is 5.73 Å². The van der Waals surface area contributed by atoms with Crippen LogP contribution < -0.4 is 5.73 Å². The molecule has 0 atom stereocenters. The third-order valence-corrected chi connectivity index (χ3v) is 4.50. The number of sulfone groups is 1. The van der Waals surface area contributed by atoms with Gasteiger partial charge in [0.1, 0.15) is 10.7 Å². The molecule has 0 aromatic heterocycles. The quantitative estimate of drug-likeness (QED) is 0.844. The molecule has 1 aliphatic carbocycles. The van der Waals surface area contributed by atoms with Gasteiger partial charge in [-0.2, -0.15) is 0 Å². The van der Waals surface area contributed by atoms with E-state index in [-0.39, 0.29) is 10.6 Å². The minimum absolute atomic E-state index is 0.166. The predicted octanol–water partition coefficient (Wildman–Crippen LogP) is 1.09. The van der Waals surface area contributed by atoms with Crippen molar-refractivity contribution in [2.45, 2.75) is 23.3 Å². The molecular weight excluding hydrogens is 217 g/mol. The molecule has 1 saturated carbocycles. The minimum Gasteiger partial charge on any atom is -0.324 e. The summed E-state index contributed by atoms with van der Waals surface area (Å²) in [7, 11) is -3.59. The maximum Gasteiger partial charge on any atom is 0.183 e. The molecule has 2 N–H and O–H groups in total. The van der Waals surface area contributed by atoms with Crippen molar-refractivity contribution < 1.29 is 12.8 Å². The van der Waals surface area contributed by atoms with Crippen molar-refractivity contribution in [1.82, 2.24) is 0 Å². The van der Waals surface area contributed by atoms with Crippen molar-refractivity contribution in [3.8, 4) is 0 Å². The van der Waals surface area contributed by atoms with Gasteiger partial charge in [-0.3, -0.25) is 0 Å². The standard InChI is InChI=1S/C10H12FNO2S/c11-8-3-1-2-4-9(8)15(13,14)7-10(12)5-6-10/h1-4H,5-7,12H2. The summed E-state index contributed by atoms with van der Waals surface area (Å²) in [5, 5.41) is 0. The fraction of sp³-hybridized carbons (Fsp3) is 0.400. The highest BCUT2D eigenvalue weighted by molar-refractivity contribution is 7.91. The molecular formula is C10H12FNO2S. The topological polar surface area (TPSA) is 60.2 Å². The van der Waals surface area contributed by atoms with Gasteiger partial charge in [0, 0.05) is 5.54 Å². The van der Waals surface area contributed by atoms with E-state index in [9.17, 15) is 12.8 Å². The Balaban J connectivity index is 2.33. The van der Waals surface area contributed by atoms with Crippen molar-refractivity contribution in [1.29, 1.82) is 0 Å². The molecule has 1 aromatic carbocycles. The summed E-state index contributed by atoms with van der Waals surface area (Å²) < 4.78 is 36.8. The first-order chi connectivity index (χ1) is 6.93. The van der Waals surface area contributed by atoms with Gasteiger partial charge in [0.25, 0.3) is 0 Å². The number of benzene rings is 1. The zero-order valence-electron chi connectivity index (χ0n) is 8.11. The molecule has 3 nitrogen and oxygen atoms in total. The van der Waals surface area contributed by atoms with Crippen LogP contribution in [-0.2, 0) is 9.84 Å². The lowest BCUT2D eigenvalue weighted by Crippen LogP contribution is -2.31. The minimum atomic E-state index is -3.59. The molecule has 15 heavy (non-hydrogen) atoms. The van der Waals surface area contributed by atoms with Gasteiger partial charge < -0.3 is 5.73 Å². The molecule has 0 spiro atoms. The largest absolute Gasteiger partial charge is 0.324 e. The molecule has 1 aromatic rings. The van der Waals surface area contributed by atoms with E-state index >= 15 is 0 Å². The molecule has 5 heteroatoms. The van der Waals surface area contributed by atoms with Gasteiger partial charge in [0.15, 0.2) is 9.84 Å². The van der Waals surface area contributed by atoms with Crippen molar-refractivity contribution in [3.63, 3.8) is 0 Å². The molecule has 0 amide bonds. The fourth-order valence-corrected chi connectivity index (χ4v) is 3.31. The Labute approximate surface area is 88.0 Å². The lowest BCUT2D eigenvalue weighted by molar-refractivity contribution is 0.560. The monoisotopic (exact) mass is 229 g/mol. The van der Waals surface area contributed by atoms with E-state index in [2.05, 4.69) is 0 Å². The number of halogens is 1. The van der Waals surface area contributed by atoms with E-state index < -0.39 is 21.2 Å². The molecule has 0 heterocycles. The molecule has 0 bridgehead atoms. The molecule has 0 aliphatic heterocycles. The van der Waals surface area contributed by atoms with E-state index in [0.717, 1.165) is 6.07 Å². The zero-order valence-corrected chi connectivity index (χ0v) is 8.93. The Morgan fingerprint density at radius 2 is 1.93 bits per heavy atom.